The third-order valence-corrected chi connectivity index (χ3v) is 4.70. The Morgan fingerprint density at radius 1 is 1.13 bits per heavy atom. The molecule has 9 nitrogen and oxygen atoms in total. The van der Waals surface area contributed by atoms with Crippen LogP contribution in [0, 0.1) is 0 Å². The van der Waals surface area contributed by atoms with Gasteiger partial charge in [-0.2, -0.15) is 4.98 Å². The van der Waals surface area contributed by atoms with Gasteiger partial charge in [0.25, 0.3) is 5.91 Å². The van der Waals surface area contributed by atoms with Crippen LogP contribution in [0.1, 0.15) is 10.7 Å². The molecule has 0 fully saturated rings. The Balaban J connectivity index is 1.44. The molecule has 31 heavy (non-hydrogen) atoms. The van der Waals surface area contributed by atoms with Crippen molar-refractivity contribution in [1.29, 1.82) is 0 Å². The molecule has 0 aliphatic carbocycles. The van der Waals surface area contributed by atoms with Gasteiger partial charge in [-0.15, -0.1) is 0 Å². The second-order valence-electron chi connectivity index (χ2n) is 6.12. The van der Waals surface area contributed by atoms with Gasteiger partial charge in [0, 0.05) is 22.6 Å². The number of nitrogens with zero attached hydrogens (tertiary/aromatic N) is 2. The molecule has 0 atom stereocenters. The Morgan fingerprint density at radius 2 is 1.87 bits per heavy atom. The summed E-state index contributed by atoms with van der Waals surface area (Å²) < 4.78 is 16.5. The highest BCUT2D eigenvalue weighted by Gasteiger charge is 2.18. The Hall–Kier alpha value is -3.11. The quantitative estimate of drug-likeness (QED) is 0.426. The molecule has 0 unspecified atom stereocenters. The molecule has 2 aromatic carbocycles. The molecule has 1 aromatic heterocycles. The molecule has 2 amide bonds. The van der Waals surface area contributed by atoms with Gasteiger partial charge in [-0.25, -0.2) is 0 Å². The number of methoxy groups -OCH3 is 1. The van der Waals surface area contributed by atoms with E-state index >= 15 is 0 Å². The molecule has 2 N–H and O–H groups in total. The Kier molecular flexibility index (Phi) is 7.85. The van der Waals surface area contributed by atoms with Gasteiger partial charge in [0.1, 0.15) is 11.5 Å². The first-order chi connectivity index (χ1) is 15.0. The molecule has 3 rings (SSSR count). The lowest BCUT2D eigenvalue weighted by Crippen LogP contribution is -2.36. The van der Waals surface area contributed by atoms with Crippen molar-refractivity contribution in [3.8, 4) is 22.9 Å². The number of rotatable bonds is 9. The molecular formula is C20H18BrClN4O5. The largest absolute Gasteiger partial charge is 0.496 e. The minimum Gasteiger partial charge on any atom is -0.496 e. The van der Waals surface area contributed by atoms with E-state index in [1.54, 1.807) is 30.3 Å². The molecule has 11 heteroatoms. The van der Waals surface area contributed by atoms with Crippen molar-refractivity contribution in [3.05, 3.63) is 57.9 Å². The fourth-order valence-corrected chi connectivity index (χ4v) is 2.90. The second kappa shape index (κ2) is 10.8. The normalized spacial score (nSPS) is 10.4. The average Bonchev–Trinajstić information content (AvgIpc) is 3.26. The second-order valence-corrected chi connectivity index (χ2v) is 7.47. The lowest BCUT2D eigenvalue weighted by molar-refractivity contribution is -0.123. The minimum atomic E-state index is -0.569. The highest BCUT2D eigenvalue weighted by Crippen LogP contribution is 2.30. The first kappa shape index (κ1) is 22.6. The molecule has 162 valence electrons. The number of carbonyl (C=O) groups excluding carboxylic acids is 2. The van der Waals surface area contributed by atoms with Gasteiger partial charge in [-0.05, 0) is 42.5 Å². The standard InChI is InChI=1S/C20H18BrClN4O5/c1-29-16-7-4-13(22)10-15(16)18-25-20(31-26-18)19(28)24-9-8-23-17(27)11-30-14-5-2-12(21)3-6-14/h2-7,10H,8-9,11H2,1H3,(H,23,27)(H,24,28). The smallest absolute Gasteiger partial charge is 0.316 e. The van der Waals surface area contributed by atoms with Crippen molar-refractivity contribution < 1.29 is 23.6 Å². The zero-order valence-corrected chi connectivity index (χ0v) is 18.7. The van der Waals surface area contributed by atoms with E-state index < -0.39 is 5.91 Å². The monoisotopic (exact) mass is 508 g/mol. The maximum atomic E-state index is 12.2. The number of halogens is 2. The fraction of sp³-hybridized carbons (Fsp3) is 0.200. The average molecular weight is 510 g/mol. The summed E-state index contributed by atoms with van der Waals surface area (Å²) in [4.78, 5) is 28.1. The molecule has 0 spiro atoms. The molecule has 0 saturated carbocycles. The van der Waals surface area contributed by atoms with Gasteiger partial charge < -0.3 is 24.6 Å². The van der Waals surface area contributed by atoms with Crippen molar-refractivity contribution in [2.75, 3.05) is 26.8 Å². The van der Waals surface area contributed by atoms with Gasteiger partial charge in [-0.1, -0.05) is 32.7 Å². The zero-order valence-electron chi connectivity index (χ0n) is 16.4. The van der Waals surface area contributed by atoms with E-state index in [4.69, 9.17) is 25.6 Å². The van der Waals surface area contributed by atoms with Gasteiger partial charge in [0.05, 0.1) is 12.7 Å². The van der Waals surface area contributed by atoms with Crippen LogP contribution in [0.5, 0.6) is 11.5 Å². The number of aromatic nitrogens is 2. The Bertz CT molecular complexity index is 1060. The lowest BCUT2D eigenvalue weighted by Gasteiger charge is -2.08. The van der Waals surface area contributed by atoms with Crippen molar-refractivity contribution in [2.24, 2.45) is 0 Å². The topological polar surface area (TPSA) is 116 Å². The van der Waals surface area contributed by atoms with Crippen LogP contribution in [0.3, 0.4) is 0 Å². The molecule has 1 heterocycles. The zero-order chi connectivity index (χ0) is 22.2. The maximum Gasteiger partial charge on any atom is 0.316 e. The van der Waals surface area contributed by atoms with Crippen LogP contribution in [0.2, 0.25) is 5.02 Å². The molecular weight excluding hydrogens is 492 g/mol. The SMILES string of the molecule is COc1ccc(Cl)cc1-c1noc(C(=O)NCCNC(=O)COc2ccc(Br)cc2)n1. The molecule has 3 aromatic rings. The predicted molar refractivity (Wildman–Crippen MR) is 116 cm³/mol. The van der Waals surface area contributed by atoms with E-state index in [0.717, 1.165) is 4.47 Å². The highest BCUT2D eigenvalue weighted by molar-refractivity contribution is 9.10. The Morgan fingerprint density at radius 3 is 2.61 bits per heavy atom. The molecule has 0 saturated heterocycles. The van der Waals surface area contributed by atoms with Gasteiger partial charge in [-0.3, -0.25) is 9.59 Å². The van der Waals surface area contributed by atoms with E-state index in [9.17, 15) is 9.59 Å². The van der Waals surface area contributed by atoms with Crippen LogP contribution in [-0.4, -0.2) is 48.8 Å². The predicted octanol–water partition coefficient (Wildman–Crippen LogP) is 3.09. The number of nitrogens with one attached hydrogen (secondary N) is 2. The third kappa shape index (κ3) is 6.43. The van der Waals surface area contributed by atoms with Crippen LogP contribution in [0.4, 0.5) is 0 Å². The summed E-state index contributed by atoms with van der Waals surface area (Å²) in [5, 5.41) is 9.49. The molecule has 0 bridgehead atoms. The van der Waals surface area contributed by atoms with Gasteiger partial charge in [0.15, 0.2) is 6.61 Å². The van der Waals surface area contributed by atoms with Gasteiger partial charge >= 0.3 is 11.8 Å². The number of amides is 2. The van der Waals surface area contributed by atoms with Crippen molar-refractivity contribution in [3.63, 3.8) is 0 Å². The number of carbonyl (C=O) groups is 2. The van der Waals surface area contributed by atoms with E-state index in [1.807, 2.05) is 12.1 Å². The summed E-state index contributed by atoms with van der Waals surface area (Å²) in [6.07, 6.45) is 0. The first-order valence-corrected chi connectivity index (χ1v) is 10.2. The van der Waals surface area contributed by atoms with Crippen LogP contribution < -0.4 is 20.1 Å². The maximum absolute atomic E-state index is 12.2. The first-order valence-electron chi connectivity index (χ1n) is 9.07. The fourth-order valence-electron chi connectivity index (χ4n) is 2.46. The molecule has 0 radical (unpaired) electrons. The van der Waals surface area contributed by atoms with Crippen LogP contribution >= 0.6 is 27.5 Å². The van der Waals surface area contributed by atoms with Crippen LogP contribution in [-0.2, 0) is 4.79 Å². The summed E-state index contributed by atoms with van der Waals surface area (Å²) in [6.45, 7) is 0.239. The number of ether oxygens (including phenoxy) is 2. The van der Waals surface area contributed by atoms with Crippen molar-refractivity contribution in [1.82, 2.24) is 20.8 Å². The number of hydrogen-bond acceptors (Lipinski definition) is 7. The Labute approximate surface area is 191 Å². The van der Waals surface area contributed by atoms with E-state index in [-0.39, 0.29) is 37.3 Å². The van der Waals surface area contributed by atoms with E-state index in [1.165, 1.54) is 7.11 Å². The summed E-state index contributed by atoms with van der Waals surface area (Å²) in [7, 11) is 1.50. The highest BCUT2D eigenvalue weighted by atomic mass is 79.9. The van der Waals surface area contributed by atoms with E-state index in [0.29, 0.717) is 22.1 Å². The summed E-state index contributed by atoms with van der Waals surface area (Å²) >= 11 is 9.32. The van der Waals surface area contributed by atoms with Crippen LogP contribution in [0.15, 0.2) is 51.5 Å². The summed E-state index contributed by atoms with van der Waals surface area (Å²) in [6, 6.07) is 12.1. The number of benzene rings is 2. The minimum absolute atomic E-state index is 0.135. The molecule has 0 aliphatic heterocycles. The van der Waals surface area contributed by atoms with Crippen molar-refractivity contribution in [2.45, 2.75) is 0 Å². The molecule has 0 aliphatic rings. The summed E-state index contributed by atoms with van der Waals surface area (Å²) in [5.74, 6) is 0.135. The van der Waals surface area contributed by atoms with E-state index in [2.05, 4.69) is 36.7 Å². The lowest BCUT2D eigenvalue weighted by atomic mass is 10.2. The van der Waals surface area contributed by atoms with Crippen molar-refractivity contribution >= 4 is 39.3 Å². The van der Waals surface area contributed by atoms with Crippen LogP contribution in [0.25, 0.3) is 11.4 Å². The number of hydrogen-bond donors (Lipinski definition) is 2. The third-order valence-electron chi connectivity index (χ3n) is 3.94. The van der Waals surface area contributed by atoms with Gasteiger partial charge in [0.2, 0.25) is 5.82 Å². The summed E-state index contributed by atoms with van der Waals surface area (Å²) in [5.41, 5.74) is 0.496.